The summed E-state index contributed by atoms with van der Waals surface area (Å²) in [6.07, 6.45) is 0. The first-order chi connectivity index (χ1) is 8.54. The van der Waals surface area contributed by atoms with Crippen LogP contribution in [0.15, 0.2) is 26.8 Å². The lowest BCUT2D eigenvalue weighted by molar-refractivity contribution is 0.580. The van der Waals surface area contributed by atoms with Crippen molar-refractivity contribution in [2.75, 3.05) is 0 Å². The number of rotatable bonds is 4. The van der Waals surface area contributed by atoms with E-state index in [1.807, 2.05) is 12.1 Å². The van der Waals surface area contributed by atoms with Crippen molar-refractivity contribution in [1.82, 2.24) is 15.3 Å². The average Bonchev–Trinajstić information content (AvgIpc) is 2.72. The number of thiophene rings is 1. The molecule has 0 radical (unpaired) electrons. The maximum absolute atomic E-state index is 11.6. The number of hydrogen-bond donors (Lipinski definition) is 2. The zero-order valence-corrected chi connectivity index (χ0v) is 12.6. The van der Waals surface area contributed by atoms with Crippen molar-refractivity contribution in [1.29, 1.82) is 0 Å². The molecule has 4 nitrogen and oxygen atoms in total. The van der Waals surface area contributed by atoms with Crippen molar-refractivity contribution in [3.8, 4) is 10.7 Å². The molecule has 96 valence electrons. The van der Waals surface area contributed by atoms with Gasteiger partial charge in [0.2, 0.25) is 0 Å². The Labute approximate surface area is 118 Å². The first-order valence-corrected chi connectivity index (χ1v) is 7.25. The minimum absolute atomic E-state index is 0.120. The van der Waals surface area contributed by atoms with Gasteiger partial charge in [0.15, 0.2) is 5.82 Å². The number of nitrogens with zero attached hydrogens (tertiary/aromatic N) is 1. The largest absolute Gasteiger partial charge is 0.309 e. The lowest BCUT2D eigenvalue weighted by atomic mass is 10.3. The molecule has 6 heteroatoms. The summed E-state index contributed by atoms with van der Waals surface area (Å²) in [5.41, 5.74) is 0.636. The Kier molecular flexibility index (Phi) is 4.31. The van der Waals surface area contributed by atoms with Crippen LogP contribution >= 0.6 is 27.3 Å². The minimum atomic E-state index is -0.120. The molecule has 2 rings (SSSR count). The minimum Gasteiger partial charge on any atom is -0.309 e. The van der Waals surface area contributed by atoms with E-state index in [-0.39, 0.29) is 5.56 Å². The van der Waals surface area contributed by atoms with Gasteiger partial charge in [0.1, 0.15) is 0 Å². The van der Waals surface area contributed by atoms with Crippen LogP contribution in [-0.4, -0.2) is 16.0 Å². The van der Waals surface area contributed by atoms with Gasteiger partial charge in [-0.05, 0) is 28.1 Å². The quantitative estimate of drug-likeness (QED) is 0.907. The zero-order valence-electron chi connectivity index (χ0n) is 10.2. The maximum Gasteiger partial charge on any atom is 0.251 e. The van der Waals surface area contributed by atoms with Crippen LogP contribution in [-0.2, 0) is 6.54 Å². The summed E-state index contributed by atoms with van der Waals surface area (Å²) in [5, 5.41) is 3.25. The molecule has 0 aliphatic carbocycles. The van der Waals surface area contributed by atoms with Crippen molar-refractivity contribution in [3.63, 3.8) is 0 Å². The molecule has 2 aromatic heterocycles. The van der Waals surface area contributed by atoms with Gasteiger partial charge in [0.05, 0.1) is 14.4 Å². The second kappa shape index (κ2) is 5.77. The molecule has 0 saturated carbocycles. The Morgan fingerprint density at radius 2 is 2.28 bits per heavy atom. The predicted octanol–water partition coefficient (Wildman–Crippen LogP) is 2.76. The van der Waals surface area contributed by atoms with Crippen LogP contribution in [0.5, 0.6) is 0 Å². The summed E-state index contributed by atoms with van der Waals surface area (Å²) >= 11 is 4.95. The third kappa shape index (κ3) is 3.51. The lowest BCUT2D eigenvalue weighted by Crippen LogP contribution is -2.24. The van der Waals surface area contributed by atoms with E-state index in [9.17, 15) is 4.79 Å². The SMILES string of the molecule is CC(C)NCc1cc(=O)[nH]c(-c2ccc(Br)s2)n1. The van der Waals surface area contributed by atoms with Crippen molar-refractivity contribution in [3.05, 3.63) is 38.0 Å². The monoisotopic (exact) mass is 327 g/mol. The second-order valence-corrected chi connectivity index (χ2v) is 6.69. The third-order valence-corrected chi connectivity index (χ3v) is 3.92. The van der Waals surface area contributed by atoms with Gasteiger partial charge in [-0.15, -0.1) is 11.3 Å². The van der Waals surface area contributed by atoms with E-state index in [2.05, 4.69) is 45.1 Å². The first-order valence-electron chi connectivity index (χ1n) is 5.64. The van der Waals surface area contributed by atoms with Crippen molar-refractivity contribution >= 4 is 27.3 Å². The topological polar surface area (TPSA) is 57.8 Å². The van der Waals surface area contributed by atoms with Crippen molar-refractivity contribution in [2.24, 2.45) is 0 Å². The fourth-order valence-electron chi connectivity index (χ4n) is 1.47. The van der Waals surface area contributed by atoms with Crippen LogP contribution in [0.3, 0.4) is 0 Å². The van der Waals surface area contributed by atoms with E-state index in [0.29, 0.717) is 18.4 Å². The highest BCUT2D eigenvalue weighted by Gasteiger charge is 2.06. The molecule has 0 fully saturated rings. The molecular weight excluding hydrogens is 314 g/mol. The Balaban J connectivity index is 2.29. The van der Waals surface area contributed by atoms with Crippen LogP contribution in [0.1, 0.15) is 19.5 Å². The average molecular weight is 328 g/mol. The van der Waals surface area contributed by atoms with Crippen LogP contribution in [0.4, 0.5) is 0 Å². The molecule has 2 heterocycles. The molecule has 0 aromatic carbocycles. The number of aromatic amines is 1. The van der Waals surface area contributed by atoms with Crippen molar-refractivity contribution in [2.45, 2.75) is 26.4 Å². The Bertz CT molecular complexity index is 591. The molecule has 0 aliphatic rings. The summed E-state index contributed by atoms with van der Waals surface area (Å²) in [5.74, 6) is 0.624. The normalized spacial score (nSPS) is 11.1. The number of aromatic nitrogens is 2. The van der Waals surface area contributed by atoms with Crippen LogP contribution < -0.4 is 10.9 Å². The highest BCUT2D eigenvalue weighted by Crippen LogP contribution is 2.28. The summed E-state index contributed by atoms with van der Waals surface area (Å²) in [4.78, 5) is 19.8. The van der Waals surface area contributed by atoms with Gasteiger partial charge >= 0.3 is 0 Å². The highest BCUT2D eigenvalue weighted by atomic mass is 79.9. The lowest BCUT2D eigenvalue weighted by Gasteiger charge is -2.07. The van der Waals surface area contributed by atoms with Gasteiger partial charge in [-0.3, -0.25) is 4.79 Å². The van der Waals surface area contributed by atoms with Gasteiger partial charge in [-0.25, -0.2) is 4.98 Å². The Morgan fingerprint density at radius 3 is 2.89 bits per heavy atom. The van der Waals surface area contributed by atoms with Crippen LogP contribution in [0.2, 0.25) is 0 Å². The molecule has 2 N–H and O–H groups in total. The highest BCUT2D eigenvalue weighted by molar-refractivity contribution is 9.11. The number of halogens is 1. The van der Waals surface area contributed by atoms with Crippen molar-refractivity contribution < 1.29 is 0 Å². The molecule has 0 unspecified atom stereocenters. The maximum atomic E-state index is 11.6. The van der Waals surface area contributed by atoms with Crippen LogP contribution in [0.25, 0.3) is 10.7 Å². The third-order valence-electron chi connectivity index (χ3n) is 2.29. The van der Waals surface area contributed by atoms with Gasteiger partial charge in [0.25, 0.3) is 5.56 Å². The van der Waals surface area contributed by atoms with E-state index in [4.69, 9.17) is 0 Å². The second-order valence-electron chi connectivity index (χ2n) is 4.22. The van der Waals surface area contributed by atoms with Gasteiger partial charge < -0.3 is 10.3 Å². The molecule has 0 atom stereocenters. The van der Waals surface area contributed by atoms with E-state index < -0.39 is 0 Å². The predicted molar refractivity (Wildman–Crippen MR) is 77.8 cm³/mol. The molecular formula is C12H14BrN3OS. The standard InChI is InChI=1S/C12H14BrN3OS/c1-7(2)14-6-8-5-11(17)16-12(15-8)9-3-4-10(13)18-9/h3-5,7,14H,6H2,1-2H3,(H,15,16,17). The Morgan fingerprint density at radius 1 is 1.50 bits per heavy atom. The van der Waals surface area contributed by atoms with E-state index in [1.165, 1.54) is 6.07 Å². The van der Waals surface area contributed by atoms with E-state index in [0.717, 1.165) is 14.4 Å². The summed E-state index contributed by atoms with van der Waals surface area (Å²) < 4.78 is 1.02. The van der Waals surface area contributed by atoms with Crippen LogP contribution in [0, 0.1) is 0 Å². The van der Waals surface area contributed by atoms with E-state index in [1.54, 1.807) is 11.3 Å². The molecule has 0 amide bonds. The fraction of sp³-hybridized carbons (Fsp3) is 0.333. The number of nitrogens with one attached hydrogen (secondary N) is 2. The number of H-pyrrole nitrogens is 1. The molecule has 0 spiro atoms. The summed E-state index contributed by atoms with van der Waals surface area (Å²) in [6, 6.07) is 5.78. The molecule has 2 aromatic rings. The van der Waals surface area contributed by atoms with Gasteiger partial charge in [-0.1, -0.05) is 13.8 Å². The fourth-order valence-corrected chi connectivity index (χ4v) is 2.80. The number of hydrogen-bond acceptors (Lipinski definition) is 4. The molecule has 0 aliphatic heterocycles. The smallest absolute Gasteiger partial charge is 0.251 e. The molecule has 0 bridgehead atoms. The first kappa shape index (κ1) is 13.5. The Hall–Kier alpha value is -0.980. The van der Waals surface area contributed by atoms with Gasteiger partial charge in [-0.2, -0.15) is 0 Å². The van der Waals surface area contributed by atoms with Gasteiger partial charge in [0, 0.05) is 18.7 Å². The van der Waals surface area contributed by atoms with E-state index >= 15 is 0 Å². The summed E-state index contributed by atoms with van der Waals surface area (Å²) in [7, 11) is 0. The molecule has 18 heavy (non-hydrogen) atoms. The zero-order chi connectivity index (χ0) is 13.1. The molecule has 0 saturated heterocycles. The summed E-state index contributed by atoms with van der Waals surface area (Å²) in [6.45, 7) is 4.72.